The molecule has 0 aromatic rings. The van der Waals surface area contributed by atoms with Crippen LogP contribution >= 0.6 is 0 Å². The predicted molar refractivity (Wildman–Crippen MR) is 60.4 cm³/mol. The quantitative estimate of drug-likeness (QED) is 0.735. The van der Waals surface area contributed by atoms with Crippen LogP contribution in [0.4, 0.5) is 0 Å². The monoisotopic (exact) mass is 199 g/mol. The molecule has 0 spiro atoms. The second-order valence-corrected chi connectivity index (χ2v) is 4.72. The Morgan fingerprint density at radius 3 is 2.71 bits per heavy atom. The Balaban J connectivity index is 2.26. The highest BCUT2D eigenvalue weighted by Gasteiger charge is 2.28. The SMILES string of the molecule is CCC1CCC(C)N1CCCC(C)O. The van der Waals surface area contributed by atoms with Crippen molar-refractivity contribution in [3.63, 3.8) is 0 Å². The Kier molecular flexibility index (Phi) is 4.90. The van der Waals surface area contributed by atoms with E-state index >= 15 is 0 Å². The standard InChI is InChI=1S/C12H25NO/c1-4-12-8-7-10(2)13(12)9-5-6-11(3)14/h10-12,14H,4-9H2,1-3H3. The van der Waals surface area contributed by atoms with Crippen LogP contribution in [0.15, 0.2) is 0 Å². The molecule has 0 bridgehead atoms. The van der Waals surface area contributed by atoms with Gasteiger partial charge in [-0.05, 0) is 52.5 Å². The molecule has 1 fully saturated rings. The Bertz CT molecular complexity index is 158. The van der Waals surface area contributed by atoms with Gasteiger partial charge in [0.25, 0.3) is 0 Å². The van der Waals surface area contributed by atoms with E-state index in [2.05, 4.69) is 18.7 Å². The summed E-state index contributed by atoms with van der Waals surface area (Å²) in [4.78, 5) is 2.63. The maximum atomic E-state index is 9.20. The molecule has 0 saturated carbocycles. The highest BCUT2D eigenvalue weighted by Crippen LogP contribution is 2.26. The summed E-state index contributed by atoms with van der Waals surface area (Å²) in [7, 11) is 0. The fourth-order valence-electron chi connectivity index (χ4n) is 2.54. The van der Waals surface area contributed by atoms with Gasteiger partial charge in [0.2, 0.25) is 0 Å². The molecule has 1 aliphatic heterocycles. The summed E-state index contributed by atoms with van der Waals surface area (Å²) in [5.74, 6) is 0. The molecule has 3 unspecified atom stereocenters. The minimum atomic E-state index is -0.131. The topological polar surface area (TPSA) is 23.5 Å². The molecule has 2 nitrogen and oxygen atoms in total. The molecule has 0 amide bonds. The summed E-state index contributed by atoms with van der Waals surface area (Å²) in [5, 5.41) is 9.20. The molecule has 1 N–H and O–H groups in total. The Morgan fingerprint density at radius 2 is 2.14 bits per heavy atom. The molecule has 0 aromatic heterocycles. The minimum absolute atomic E-state index is 0.131. The molecule has 1 aliphatic rings. The molecule has 0 aromatic carbocycles. The van der Waals surface area contributed by atoms with E-state index < -0.39 is 0 Å². The van der Waals surface area contributed by atoms with Crippen LogP contribution in [0.3, 0.4) is 0 Å². The zero-order valence-corrected chi connectivity index (χ0v) is 9.87. The Morgan fingerprint density at radius 1 is 1.43 bits per heavy atom. The zero-order chi connectivity index (χ0) is 10.6. The van der Waals surface area contributed by atoms with Crippen molar-refractivity contribution >= 4 is 0 Å². The van der Waals surface area contributed by atoms with Gasteiger partial charge in [0, 0.05) is 12.1 Å². The van der Waals surface area contributed by atoms with Crippen LogP contribution in [0.25, 0.3) is 0 Å². The lowest BCUT2D eigenvalue weighted by Crippen LogP contribution is -2.35. The van der Waals surface area contributed by atoms with Gasteiger partial charge in [0.05, 0.1) is 6.10 Å². The van der Waals surface area contributed by atoms with Gasteiger partial charge < -0.3 is 5.11 Å². The van der Waals surface area contributed by atoms with Gasteiger partial charge in [-0.15, -0.1) is 0 Å². The smallest absolute Gasteiger partial charge is 0.0512 e. The van der Waals surface area contributed by atoms with E-state index in [4.69, 9.17) is 0 Å². The average molecular weight is 199 g/mol. The summed E-state index contributed by atoms with van der Waals surface area (Å²) in [5.41, 5.74) is 0. The summed E-state index contributed by atoms with van der Waals surface area (Å²) in [6.07, 6.45) is 5.95. The highest BCUT2D eigenvalue weighted by atomic mass is 16.3. The van der Waals surface area contributed by atoms with Crippen LogP contribution < -0.4 is 0 Å². The fraction of sp³-hybridized carbons (Fsp3) is 1.00. The lowest BCUT2D eigenvalue weighted by Gasteiger charge is -2.27. The minimum Gasteiger partial charge on any atom is -0.393 e. The van der Waals surface area contributed by atoms with Crippen LogP contribution in [0.2, 0.25) is 0 Å². The normalized spacial score (nSPS) is 30.9. The van der Waals surface area contributed by atoms with E-state index in [9.17, 15) is 5.11 Å². The molecular weight excluding hydrogens is 174 g/mol. The van der Waals surface area contributed by atoms with Crippen molar-refractivity contribution in [2.75, 3.05) is 6.54 Å². The number of hydrogen-bond acceptors (Lipinski definition) is 2. The maximum absolute atomic E-state index is 9.20. The van der Waals surface area contributed by atoms with Crippen molar-refractivity contribution in [3.05, 3.63) is 0 Å². The van der Waals surface area contributed by atoms with Gasteiger partial charge in [0.15, 0.2) is 0 Å². The molecule has 2 heteroatoms. The number of aliphatic hydroxyl groups is 1. The van der Waals surface area contributed by atoms with Crippen LogP contribution in [0.5, 0.6) is 0 Å². The van der Waals surface area contributed by atoms with Crippen molar-refractivity contribution in [1.82, 2.24) is 4.90 Å². The maximum Gasteiger partial charge on any atom is 0.0512 e. The first kappa shape index (κ1) is 12.0. The third kappa shape index (κ3) is 3.25. The number of nitrogens with zero attached hydrogens (tertiary/aromatic N) is 1. The van der Waals surface area contributed by atoms with E-state index in [0.29, 0.717) is 0 Å². The molecular formula is C12H25NO. The van der Waals surface area contributed by atoms with Crippen LogP contribution in [-0.2, 0) is 0 Å². The first-order valence-electron chi connectivity index (χ1n) is 6.09. The second kappa shape index (κ2) is 5.72. The number of aliphatic hydroxyl groups excluding tert-OH is 1. The first-order chi connectivity index (χ1) is 6.65. The van der Waals surface area contributed by atoms with Gasteiger partial charge in [-0.1, -0.05) is 6.92 Å². The van der Waals surface area contributed by atoms with Crippen molar-refractivity contribution in [1.29, 1.82) is 0 Å². The molecule has 1 saturated heterocycles. The third-order valence-corrected chi connectivity index (χ3v) is 3.46. The van der Waals surface area contributed by atoms with Crippen LogP contribution in [0.1, 0.15) is 52.9 Å². The van der Waals surface area contributed by atoms with Gasteiger partial charge in [-0.3, -0.25) is 4.90 Å². The van der Waals surface area contributed by atoms with Crippen LogP contribution in [-0.4, -0.2) is 34.7 Å². The van der Waals surface area contributed by atoms with Crippen molar-refractivity contribution in [2.24, 2.45) is 0 Å². The molecule has 1 heterocycles. The van der Waals surface area contributed by atoms with Gasteiger partial charge in [0.1, 0.15) is 0 Å². The van der Waals surface area contributed by atoms with Gasteiger partial charge in [-0.25, -0.2) is 0 Å². The molecule has 0 radical (unpaired) electrons. The van der Waals surface area contributed by atoms with Crippen molar-refractivity contribution < 1.29 is 5.11 Å². The number of hydrogen-bond donors (Lipinski definition) is 1. The van der Waals surface area contributed by atoms with E-state index in [1.54, 1.807) is 0 Å². The van der Waals surface area contributed by atoms with E-state index in [-0.39, 0.29) is 6.10 Å². The third-order valence-electron chi connectivity index (χ3n) is 3.46. The van der Waals surface area contributed by atoms with Crippen molar-refractivity contribution in [3.8, 4) is 0 Å². The van der Waals surface area contributed by atoms with Gasteiger partial charge in [-0.2, -0.15) is 0 Å². The molecule has 0 aliphatic carbocycles. The van der Waals surface area contributed by atoms with Crippen LogP contribution in [0, 0.1) is 0 Å². The largest absolute Gasteiger partial charge is 0.393 e. The summed E-state index contributed by atoms with van der Waals surface area (Å²) < 4.78 is 0. The lowest BCUT2D eigenvalue weighted by atomic mass is 10.1. The Hall–Kier alpha value is -0.0800. The highest BCUT2D eigenvalue weighted by molar-refractivity contribution is 4.84. The number of likely N-dealkylation sites (tertiary alicyclic amines) is 1. The predicted octanol–water partition coefficient (Wildman–Crippen LogP) is 2.41. The molecule has 3 atom stereocenters. The first-order valence-corrected chi connectivity index (χ1v) is 6.09. The summed E-state index contributed by atoms with van der Waals surface area (Å²) >= 11 is 0. The Labute approximate surface area is 88.3 Å². The zero-order valence-electron chi connectivity index (χ0n) is 9.87. The van der Waals surface area contributed by atoms with Gasteiger partial charge >= 0.3 is 0 Å². The molecule has 84 valence electrons. The number of rotatable bonds is 5. The second-order valence-electron chi connectivity index (χ2n) is 4.72. The summed E-state index contributed by atoms with van der Waals surface area (Å²) in [6, 6.07) is 1.56. The average Bonchev–Trinajstić information content (AvgIpc) is 2.47. The van der Waals surface area contributed by atoms with E-state index in [1.807, 2.05) is 6.92 Å². The fourth-order valence-corrected chi connectivity index (χ4v) is 2.54. The molecule has 14 heavy (non-hydrogen) atoms. The van der Waals surface area contributed by atoms with E-state index in [0.717, 1.165) is 24.9 Å². The molecule has 1 rings (SSSR count). The van der Waals surface area contributed by atoms with E-state index in [1.165, 1.54) is 25.8 Å². The summed E-state index contributed by atoms with van der Waals surface area (Å²) in [6.45, 7) is 7.66. The lowest BCUT2D eigenvalue weighted by molar-refractivity contribution is 0.154. The van der Waals surface area contributed by atoms with Crippen molar-refractivity contribution in [2.45, 2.75) is 71.1 Å².